The summed E-state index contributed by atoms with van der Waals surface area (Å²) < 4.78 is 6.40. The Morgan fingerprint density at radius 3 is 2.66 bits per heavy atom. The van der Waals surface area contributed by atoms with Crippen molar-refractivity contribution in [3.63, 3.8) is 0 Å². The SMILES string of the molecule is CC1CN(Cc2ccccc2)CC2(CCN(c3cc[nH]c(=O)c3[N+](=O)[O-])CC2)O1. The lowest BCUT2D eigenvalue weighted by Gasteiger charge is -2.49. The first kappa shape index (κ1) is 19.6. The Morgan fingerprint density at radius 1 is 1.24 bits per heavy atom. The van der Waals surface area contributed by atoms with Crippen molar-refractivity contribution < 1.29 is 9.66 Å². The number of nitro groups is 1. The zero-order chi connectivity index (χ0) is 20.4. The average Bonchev–Trinajstić information content (AvgIpc) is 2.68. The highest BCUT2D eigenvalue weighted by Crippen LogP contribution is 2.36. The Bertz CT molecular complexity index is 922. The van der Waals surface area contributed by atoms with Crippen LogP contribution in [0.5, 0.6) is 0 Å². The van der Waals surface area contributed by atoms with Gasteiger partial charge in [0.2, 0.25) is 0 Å². The molecule has 1 spiro atoms. The summed E-state index contributed by atoms with van der Waals surface area (Å²) in [5.41, 5.74) is 0.377. The van der Waals surface area contributed by atoms with Crippen LogP contribution in [0.1, 0.15) is 25.3 Å². The fourth-order valence-corrected chi connectivity index (χ4v) is 4.62. The van der Waals surface area contributed by atoms with Crippen LogP contribution in [0.25, 0.3) is 0 Å². The molecule has 8 heteroatoms. The van der Waals surface area contributed by atoms with E-state index in [0.717, 1.165) is 32.5 Å². The molecule has 2 fully saturated rings. The first-order valence-corrected chi connectivity index (χ1v) is 10.0. The average molecular weight is 398 g/mol. The molecule has 29 heavy (non-hydrogen) atoms. The first-order chi connectivity index (χ1) is 14.0. The van der Waals surface area contributed by atoms with E-state index in [1.807, 2.05) is 11.0 Å². The van der Waals surface area contributed by atoms with E-state index in [1.165, 1.54) is 11.8 Å². The van der Waals surface area contributed by atoms with Crippen molar-refractivity contribution in [2.75, 3.05) is 31.1 Å². The van der Waals surface area contributed by atoms with Gasteiger partial charge in [-0.15, -0.1) is 0 Å². The predicted molar refractivity (Wildman–Crippen MR) is 110 cm³/mol. The highest BCUT2D eigenvalue weighted by Gasteiger charge is 2.42. The van der Waals surface area contributed by atoms with Crippen LogP contribution in [0.4, 0.5) is 11.4 Å². The summed E-state index contributed by atoms with van der Waals surface area (Å²) in [4.78, 5) is 29.5. The number of nitrogens with zero attached hydrogens (tertiary/aromatic N) is 3. The van der Waals surface area contributed by atoms with E-state index in [1.54, 1.807) is 6.07 Å². The van der Waals surface area contributed by atoms with Crippen LogP contribution in [0.2, 0.25) is 0 Å². The Morgan fingerprint density at radius 2 is 1.97 bits per heavy atom. The summed E-state index contributed by atoms with van der Waals surface area (Å²) in [7, 11) is 0. The number of hydrogen-bond acceptors (Lipinski definition) is 6. The number of hydrogen-bond donors (Lipinski definition) is 1. The normalized spacial score (nSPS) is 22.0. The van der Waals surface area contributed by atoms with Gasteiger partial charge in [0, 0.05) is 38.9 Å². The fourth-order valence-electron chi connectivity index (χ4n) is 4.62. The molecule has 2 saturated heterocycles. The largest absolute Gasteiger partial charge is 0.369 e. The maximum atomic E-state index is 11.9. The van der Waals surface area contributed by atoms with E-state index in [9.17, 15) is 14.9 Å². The second-order valence-electron chi connectivity index (χ2n) is 8.05. The van der Waals surface area contributed by atoms with Crippen molar-refractivity contribution in [3.8, 4) is 0 Å². The van der Waals surface area contributed by atoms with Crippen molar-refractivity contribution in [2.24, 2.45) is 0 Å². The second kappa shape index (κ2) is 7.96. The zero-order valence-corrected chi connectivity index (χ0v) is 16.5. The number of ether oxygens (including phenoxy) is 1. The summed E-state index contributed by atoms with van der Waals surface area (Å²) >= 11 is 0. The third-order valence-corrected chi connectivity index (χ3v) is 5.84. The molecule has 1 unspecified atom stereocenters. The fraction of sp³-hybridized carbons (Fsp3) is 0.476. The summed E-state index contributed by atoms with van der Waals surface area (Å²) in [5.74, 6) is 0. The predicted octanol–water partition coefficient (Wildman–Crippen LogP) is 2.54. The minimum atomic E-state index is -0.663. The highest BCUT2D eigenvalue weighted by atomic mass is 16.6. The Labute approximate surface area is 169 Å². The zero-order valence-electron chi connectivity index (χ0n) is 16.5. The lowest BCUT2D eigenvalue weighted by molar-refractivity contribution is -0.385. The van der Waals surface area contributed by atoms with E-state index in [-0.39, 0.29) is 17.4 Å². The number of anilines is 1. The van der Waals surface area contributed by atoms with Crippen LogP contribution in [0.3, 0.4) is 0 Å². The molecule has 2 aromatic rings. The molecule has 0 radical (unpaired) electrons. The van der Waals surface area contributed by atoms with Crippen molar-refractivity contribution in [1.82, 2.24) is 9.88 Å². The number of H-pyrrole nitrogens is 1. The van der Waals surface area contributed by atoms with E-state index >= 15 is 0 Å². The number of aromatic amines is 1. The third kappa shape index (κ3) is 4.18. The maximum absolute atomic E-state index is 11.9. The number of piperidine rings is 1. The van der Waals surface area contributed by atoms with Crippen LogP contribution in [-0.4, -0.2) is 52.7 Å². The first-order valence-electron chi connectivity index (χ1n) is 10.0. The lowest BCUT2D eigenvalue weighted by Crippen LogP contribution is -2.59. The summed E-state index contributed by atoms with van der Waals surface area (Å²) in [5, 5.41) is 11.4. The topological polar surface area (TPSA) is 91.7 Å². The molecule has 3 heterocycles. The van der Waals surface area contributed by atoms with Crippen LogP contribution in [0, 0.1) is 10.1 Å². The molecule has 1 aromatic heterocycles. The van der Waals surface area contributed by atoms with Gasteiger partial charge in [-0.2, -0.15) is 0 Å². The molecular weight excluding hydrogens is 372 g/mol. The van der Waals surface area contributed by atoms with Crippen LogP contribution < -0.4 is 10.5 Å². The molecule has 1 aromatic carbocycles. The molecule has 154 valence electrons. The van der Waals surface area contributed by atoms with Crippen molar-refractivity contribution >= 4 is 11.4 Å². The third-order valence-electron chi connectivity index (χ3n) is 5.84. The van der Waals surface area contributed by atoms with E-state index in [4.69, 9.17) is 4.74 Å². The molecule has 1 atom stereocenters. The van der Waals surface area contributed by atoms with Gasteiger partial charge in [-0.3, -0.25) is 19.8 Å². The van der Waals surface area contributed by atoms with Gasteiger partial charge in [-0.1, -0.05) is 30.3 Å². The standard InChI is InChI=1S/C21H26N4O4/c1-16-13-23(14-17-5-3-2-4-6-17)15-21(29-16)8-11-24(12-9-21)18-7-10-22-20(26)19(18)25(27)28/h2-7,10,16H,8-9,11-15H2,1H3,(H,22,26). The second-order valence-corrected chi connectivity index (χ2v) is 8.05. The number of pyridine rings is 1. The molecule has 0 aliphatic carbocycles. The molecular formula is C21H26N4O4. The highest BCUT2D eigenvalue weighted by molar-refractivity contribution is 5.61. The van der Waals surface area contributed by atoms with E-state index in [0.29, 0.717) is 18.8 Å². The van der Waals surface area contributed by atoms with Gasteiger partial charge in [0.05, 0.1) is 16.6 Å². The summed E-state index contributed by atoms with van der Waals surface area (Å²) in [6, 6.07) is 12.0. The van der Waals surface area contributed by atoms with E-state index in [2.05, 4.69) is 41.1 Å². The van der Waals surface area contributed by atoms with Crippen molar-refractivity contribution in [3.05, 3.63) is 68.6 Å². The molecule has 0 amide bonds. The van der Waals surface area contributed by atoms with Crippen molar-refractivity contribution in [2.45, 2.75) is 38.0 Å². The van der Waals surface area contributed by atoms with Gasteiger partial charge < -0.3 is 14.6 Å². The Kier molecular flexibility index (Phi) is 5.38. The van der Waals surface area contributed by atoms with Crippen LogP contribution in [-0.2, 0) is 11.3 Å². The van der Waals surface area contributed by atoms with Gasteiger partial charge in [0.1, 0.15) is 5.69 Å². The molecule has 8 nitrogen and oxygen atoms in total. The number of rotatable bonds is 4. The minimum Gasteiger partial charge on any atom is -0.369 e. The summed E-state index contributed by atoms with van der Waals surface area (Å²) in [6.07, 6.45) is 3.14. The van der Waals surface area contributed by atoms with Gasteiger partial charge in [-0.25, -0.2) is 0 Å². The molecule has 0 bridgehead atoms. The van der Waals surface area contributed by atoms with Crippen molar-refractivity contribution in [1.29, 1.82) is 0 Å². The van der Waals surface area contributed by atoms with Gasteiger partial charge in [0.15, 0.2) is 0 Å². The Balaban J connectivity index is 1.47. The Hall–Kier alpha value is -2.71. The minimum absolute atomic E-state index is 0.132. The van der Waals surface area contributed by atoms with E-state index < -0.39 is 10.5 Å². The maximum Gasteiger partial charge on any atom is 0.356 e. The lowest BCUT2D eigenvalue weighted by atomic mass is 9.88. The van der Waals surface area contributed by atoms with Crippen LogP contribution in [0.15, 0.2) is 47.4 Å². The summed E-state index contributed by atoms with van der Waals surface area (Å²) in [6.45, 7) is 5.97. The number of aromatic nitrogens is 1. The molecule has 1 N–H and O–H groups in total. The van der Waals surface area contributed by atoms with Gasteiger partial charge in [-0.05, 0) is 31.4 Å². The quantitative estimate of drug-likeness (QED) is 0.629. The number of morpholine rings is 1. The number of nitrogens with one attached hydrogen (secondary N) is 1. The van der Waals surface area contributed by atoms with Gasteiger partial charge >= 0.3 is 11.2 Å². The molecule has 0 saturated carbocycles. The molecule has 4 rings (SSSR count). The number of benzene rings is 1. The van der Waals surface area contributed by atoms with Crippen LogP contribution >= 0.6 is 0 Å². The van der Waals surface area contributed by atoms with Gasteiger partial charge in [0.25, 0.3) is 0 Å². The smallest absolute Gasteiger partial charge is 0.356 e. The monoisotopic (exact) mass is 398 g/mol. The molecule has 2 aliphatic heterocycles. The molecule has 2 aliphatic rings.